The molecule has 18 heavy (non-hydrogen) atoms. The van der Waals surface area contributed by atoms with Crippen LogP contribution in [0, 0.1) is 0 Å². The third-order valence-electron chi connectivity index (χ3n) is 3.37. The highest BCUT2D eigenvalue weighted by Crippen LogP contribution is 2.26. The maximum absolute atomic E-state index is 5.69. The van der Waals surface area contributed by atoms with Crippen LogP contribution in [0.4, 0.5) is 0 Å². The fourth-order valence-corrected chi connectivity index (χ4v) is 2.31. The lowest BCUT2D eigenvalue weighted by atomic mass is 9.83. The van der Waals surface area contributed by atoms with Gasteiger partial charge in [0.05, 0.1) is 0 Å². The molecule has 0 unspecified atom stereocenters. The Labute approximate surface area is 114 Å². The summed E-state index contributed by atoms with van der Waals surface area (Å²) in [6, 6.07) is 15.2. The molecular weight excluding hydrogens is 242 g/mol. The molecule has 2 rings (SSSR count). The first-order valence-corrected chi connectivity index (χ1v) is 6.93. The normalized spacial score (nSPS) is 11.9. The van der Waals surface area contributed by atoms with Gasteiger partial charge in [0.1, 0.15) is 0 Å². The molecule has 1 N–H and O–H groups in total. The number of nitrogens with one attached hydrogen (secondary N) is 1. The van der Waals surface area contributed by atoms with Gasteiger partial charge < -0.3 is 5.32 Å². The van der Waals surface area contributed by atoms with Crippen molar-refractivity contribution in [2.24, 2.45) is 0 Å². The van der Waals surface area contributed by atoms with Gasteiger partial charge in [-0.2, -0.15) is 0 Å². The van der Waals surface area contributed by atoms with Gasteiger partial charge in [-0.25, -0.2) is 0 Å². The maximum Gasteiger partial charge on any atom is 0.0348 e. The van der Waals surface area contributed by atoms with Crippen LogP contribution >= 0.6 is 11.6 Å². The van der Waals surface area contributed by atoms with E-state index in [1.165, 1.54) is 16.3 Å². The topological polar surface area (TPSA) is 12.0 Å². The van der Waals surface area contributed by atoms with E-state index in [9.17, 15) is 0 Å². The summed E-state index contributed by atoms with van der Waals surface area (Å²) in [6.45, 7) is 6.33. The second-order valence-electron chi connectivity index (χ2n) is 5.31. The number of hydrogen-bond acceptors (Lipinski definition) is 1. The van der Waals surface area contributed by atoms with Crippen molar-refractivity contribution in [1.29, 1.82) is 0 Å². The summed E-state index contributed by atoms with van der Waals surface area (Å²) in [7, 11) is 0. The van der Waals surface area contributed by atoms with Crippen LogP contribution in [0.5, 0.6) is 0 Å². The zero-order valence-corrected chi connectivity index (χ0v) is 11.8. The molecule has 0 amide bonds. The van der Waals surface area contributed by atoms with Crippen molar-refractivity contribution in [2.75, 3.05) is 19.0 Å². The number of fused-ring (bicyclic) bond motifs is 1. The first kappa shape index (κ1) is 13.4. The predicted molar refractivity (Wildman–Crippen MR) is 80.6 cm³/mol. The van der Waals surface area contributed by atoms with Crippen LogP contribution in [0.1, 0.15) is 19.4 Å². The molecule has 2 aromatic carbocycles. The first-order chi connectivity index (χ1) is 8.63. The Bertz CT molecular complexity index is 519. The molecular formula is C16H20ClN. The molecule has 0 spiro atoms. The lowest BCUT2D eigenvalue weighted by Crippen LogP contribution is -2.33. The SMILES string of the molecule is CC(C)(CNCCCl)c1ccc2ccccc2c1. The average Bonchev–Trinajstić information content (AvgIpc) is 2.38. The summed E-state index contributed by atoms with van der Waals surface area (Å²) < 4.78 is 0. The first-order valence-electron chi connectivity index (χ1n) is 6.39. The van der Waals surface area contributed by atoms with Crippen molar-refractivity contribution >= 4 is 22.4 Å². The van der Waals surface area contributed by atoms with Crippen LogP contribution < -0.4 is 5.32 Å². The van der Waals surface area contributed by atoms with E-state index in [0.29, 0.717) is 5.88 Å². The molecule has 0 saturated heterocycles. The molecule has 96 valence electrons. The van der Waals surface area contributed by atoms with Crippen molar-refractivity contribution in [3.8, 4) is 0 Å². The van der Waals surface area contributed by atoms with Crippen molar-refractivity contribution < 1.29 is 0 Å². The molecule has 1 nitrogen and oxygen atoms in total. The predicted octanol–water partition coefficient (Wildman–Crippen LogP) is 3.95. The van der Waals surface area contributed by atoms with Crippen LogP contribution in [0.3, 0.4) is 0 Å². The van der Waals surface area contributed by atoms with Gasteiger partial charge in [-0.05, 0) is 16.3 Å². The molecule has 0 fully saturated rings. The summed E-state index contributed by atoms with van der Waals surface area (Å²) in [5, 5.41) is 5.99. The minimum Gasteiger partial charge on any atom is -0.315 e. The van der Waals surface area contributed by atoms with E-state index in [1.807, 2.05) is 0 Å². The van der Waals surface area contributed by atoms with E-state index in [4.69, 9.17) is 11.6 Å². The Morgan fingerprint density at radius 1 is 1.06 bits per heavy atom. The number of halogens is 1. The van der Waals surface area contributed by atoms with Crippen molar-refractivity contribution in [1.82, 2.24) is 5.32 Å². The van der Waals surface area contributed by atoms with Gasteiger partial charge >= 0.3 is 0 Å². The highest BCUT2D eigenvalue weighted by molar-refractivity contribution is 6.18. The fraction of sp³-hybridized carbons (Fsp3) is 0.375. The molecule has 0 atom stereocenters. The van der Waals surface area contributed by atoms with E-state index in [2.05, 4.69) is 61.6 Å². The smallest absolute Gasteiger partial charge is 0.0348 e. The van der Waals surface area contributed by atoms with Crippen LogP contribution in [-0.2, 0) is 5.41 Å². The van der Waals surface area contributed by atoms with E-state index >= 15 is 0 Å². The van der Waals surface area contributed by atoms with E-state index in [1.54, 1.807) is 0 Å². The number of alkyl halides is 1. The molecule has 2 heteroatoms. The Kier molecular flexibility index (Phi) is 4.26. The zero-order valence-electron chi connectivity index (χ0n) is 11.0. The van der Waals surface area contributed by atoms with Crippen molar-refractivity contribution in [3.05, 3.63) is 48.0 Å². The summed E-state index contributed by atoms with van der Waals surface area (Å²) >= 11 is 5.69. The van der Waals surface area contributed by atoms with Crippen molar-refractivity contribution in [3.63, 3.8) is 0 Å². The minimum absolute atomic E-state index is 0.121. The monoisotopic (exact) mass is 261 g/mol. The molecule has 0 aliphatic rings. The van der Waals surface area contributed by atoms with Gasteiger partial charge in [-0.3, -0.25) is 0 Å². The van der Waals surface area contributed by atoms with Crippen molar-refractivity contribution in [2.45, 2.75) is 19.3 Å². The van der Waals surface area contributed by atoms with Gasteiger partial charge in [0.25, 0.3) is 0 Å². The molecule has 0 saturated carbocycles. The molecule has 0 aromatic heterocycles. The minimum atomic E-state index is 0.121. The highest BCUT2D eigenvalue weighted by Gasteiger charge is 2.20. The molecule has 0 aliphatic heterocycles. The summed E-state index contributed by atoms with van der Waals surface area (Å²) in [4.78, 5) is 0. The second kappa shape index (κ2) is 5.73. The van der Waals surface area contributed by atoms with Gasteiger partial charge in [-0.15, -0.1) is 11.6 Å². The Morgan fingerprint density at radius 2 is 1.78 bits per heavy atom. The lowest BCUT2D eigenvalue weighted by Gasteiger charge is -2.26. The number of hydrogen-bond donors (Lipinski definition) is 1. The Morgan fingerprint density at radius 3 is 2.50 bits per heavy atom. The summed E-state index contributed by atoms with van der Waals surface area (Å²) in [5.41, 5.74) is 1.49. The Balaban J connectivity index is 2.23. The summed E-state index contributed by atoms with van der Waals surface area (Å²) in [5.74, 6) is 0.661. The third-order valence-corrected chi connectivity index (χ3v) is 3.56. The van der Waals surface area contributed by atoms with Crippen LogP contribution in [0.15, 0.2) is 42.5 Å². The Hall–Kier alpha value is -1.05. The van der Waals surface area contributed by atoms with E-state index in [0.717, 1.165) is 13.1 Å². The van der Waals surface area contributed by atoms with Gasteiger partial charge in [-0.1, -0.05) is 56.3 Å². The zero-order chi connectivity index (χ0) is 13.0. The standard InChI is InChI=1S/C16H20ClN/c1-16(2,12-18-10-9-17)15-8-7-13-5-3-4-6-14(13)11-15/h3-8,11,18H,9-10,12H2,1-2H3. The van der Waals surface area contributed by atoms with Crippen LogP contribution in [-0.4, -0.2) is 19.0 Å². The van der Waals surface area contributed by atoms with E-state index < -0.39 is 0 Å². The molecule has 0 bridgehead atoms. The fourth-order valence-electron chi connectivity index (χ4n) is 2.18. The van der Waals surface area contributed by atoms with Gasteiger partial charge in [0.15, 0.2) is 0 Å². The largest absolute Gasteiger partial charge is 0.315 e. The number of benzene rings is 2. The quantitative estimate of drug-likeness (QED) is 0.635. The molecule has 0 aliphatic carbocycles. The molecule has 2 aromatic rings. The van der Waals surface area contributed by atoms with Crippen LogP contribution in [0.25, 0.3) is 10.8 Å². The maximum atomic E-state index is 5.69. The average molecular weight is 262 g/mol. The van der Waals surface area contributed by atoms with E-state index in [-0.39, 0.29) is 5.41 Å². The summed E-state index contributed by atoms with van der Waals surface area (Å²) in [6.07, 6.45) is 0. The lowest BCUT2D eigenvalue weighted by molar-refractivity contribution is 0.479. The highest BCUT2D eigenvalue weighted by atomic mass is 35.5. The van der Waals surface area contributed by atoms with Gasteiger partial charge in [0, 0.05) is 24.4 Å². The third kappa shape index (κ3) is 3.04. The molecule has 0 radical (unpaired) electrons. The number of rotatable bonds is 5. The van der Waals surface area contributed by atoms with Crippen LogP contribution in [0.2, 0.25) is 0 Å². The molecule has 0 heterocycles. The second-order valence-corrected chi connectivity index (χ2v) is 5.69. The van der Waals surface area contributed by atoms with Gasteiger partial charge in [0.2, 0.25) is 0 Å².